The minimum atomic E-state index is 0.428. The highest BCUT2D eigenvalue weighted by atomic mass is 32.2. The zero-order chi connectivity index (χ0) is 22.6. The number of methoxy groups -OCH3 is 1. The quantitative estimate of drug-likeness (QED) is 0.266. The molecule has 0 saturated heterocycles. The van der Waals surface area contributed by atoms with Crippen molar-refractivity contribution in [2.45, 2.75) is 23.3 Å². The summed E-state index contributed by atoms with van der Waals surface area (Å²) in [6.07, 6.45) is 0. The minimum Gasteiger partial charge on any atom is -0.493 e. The van der Waals surface area contributed by atoms with E-state index in [1.807, 2.05) is 48.5 Å². The molecule has 0 radical (unpaired) electrons. The summed E-state index contributed by atoms with van der Waals surface area (Å²) in [5.74, 6) is 2.30. The van der Waals surface area contributed by atoms with Crippen LogP contribution >= 0.6 is 11.8 Å². The molecule has 4 aromatic carbocycles. The number of nitrogens with zero attached hydrogens (tertiary/aromatic N) is 2. The molecule has 1 aromatic heterocycles. The fourth-order valence-electron chi connectivity index (χ4n) is 3.62. The van der Waals surface area contributed by atoms with E-state index in [0.717, 1.165) is 20.9 Å². The van der Waals surface area contributed by atoms with Crippen molar-refractivity contribution in [2.24, 2.45) is 0 Å². The van der Waals surface area contributed by atoms with E-state index in [-0.39, 0.29) is 0 Å². The highest BCUT2D eigenvalue weighted by molar-refractivity contribution is 7.99. The van der Waals surface area contributed by atoms with E-state index in [9.17, 15) is 0 Å². The molecule has 5 nitrogen and oxygen atoms in total. The third-order valence-electron chi connectivity index (χ3n) is 5.24. The zero-order valence-electron chi connectivity index (χ0n) is 18.3. The Morgan fingerprint density at radius 1 is 0.848 bits per heavy atom. The monoisotopic (exact) mass is 454 g/mol. The molecule has 0 atom stereocenters. The normalized spacial score (nSPS) is 11.0. The first-order chi connectivity index (χ1) is 16.2. The van der Waals surface area contributed by atoms with Gasteiger partial charge in [-0.25, -0.2) is 0 Å². The Balaban J connectivity index is 1.57. The van der Waals surface area contributed by atoms with Crippen LogP contribution in [0.5, 0.6) is 11.5 Å². The number of rotatable bonds is 7. The smallest absolute Gasteiger partial charge is 0.223 e. The number of ether oxygens (including phenoxy) is 2. The Kier molecular flexibility index (Phi) is 6.00. The van der Waals surface area contributed by atoms with E-state index < -0.39 is 0 Å². The van der Waals surface area contributed by atoms with Gasteiger partial charge in [0, 0.05) is 22.3 Å². The molecule has 33 heavy (non-hydrogen) atoms. The van der Waals surface area contributed by atoms with Crippen LogP contribution in [0.4, 0.5) is 0 Å². The highest BCUT2D eigenvalue weighted by Gasteiger charge is 2.19. The fourth-order valence-corrected chi connectivity index (χ4v) is 4.73. The van der Waals surface area contributed by atoms with Gasteiger partial charge in [-0.3, -0.25) is 0 Å². The number of hydrogen-bond acceptors (Lipinski definition) is 6. The SMILES string of the molecule is COc1cc(Sc2cccc3ccccc23)c(-c2noc(C)n2)cc1OCc1ccccc1. The summed E-state index contributed by atoms with van der Waals surface area (Å²) >= 11 is 1.64. The van der Waals surface area contributed by atoms with Crippen LogP contribution in [-0.2, 0) is 6.61 Å². The molecule has 6 heteroatoms. The van der Waals surface area contributed by atoms with Gasteiger partial charge in [0.15, 0.2) is 11.5 Å². The van der Waals surface area contributed by atoms with Crippen molar-refractivity contribution in [3.8, 4) is 22.9 Å². The lowest BCUT2D eigenvalue weighted by atomic mass is 10.1. The molecule has 0 N–H and O–H groups in total. The number of hydrogen-bond donors (Lipinski definition) is 0. The lowest BCUT2D eigenvalue weighted by Gasteiger charge is -2.15. The number of aryl methyl sites for hydroxylation is 1. The molecule has 0 spiro atoms. The number of benzene rings is 4. The first kappa shape index (κ1) is 21.1. The topological polar surface area (TPSA) is 57.4 Å². The summed E-state index contributed by atoms with van der Waals surface area (Å²) in [7, 11) is 1.65. The maximum Gasteiger partial charge on any atom is 0.223 e. The molecule has 0 aliphatic heterocycles. The largest absolute Gasteiger partial charge is 0.493 e. The van der Waals surface area contributed by atoms with Crippen LogP contribution in [0.3, 0.4) is 0 Å². The van der Waals surface area contributed by atoms with Crippen molar-refractivity contribution < 1.29 is 14.0 Å². The predicted octanol–water partition coefficient (Wildman–Crippen LogP) is 6.94. The van der Waals surface area contributed by atoms with Gasteiger partial charge in [0.2, 0.25) is 11.7 Å². The van der Waals surface area contributed by atoms with Crippen LogP contribution in [0, 0.1) is 6.92 Å². The second kappa shape index (κ2) is 9.38. The summed E-state index contributed by atoms with van der Waals surface area (Å²) in [4.78, 5) is 6.56. The molecule has 0 aliphatic rings. The Bertz CT molecular complexity index is 1390. The van der Waals surface area contributed by atoms with Crippen LogP contribution < -0.4 is 9.47 Å². The van der Waals surface area contributed by atoms with E-state index in [2.05, 4.69) is 46.5 Å². The van der Waals surface area contributed by atoms with Gasteiger partial charge < -0.3 is 14.0 Å². The van der Waals surface area contributed by atoms with E-state index in [1.165, 1.54) is 10.8 Å². The minimum absolute atomic E-state index is 0.428. The van der Waals surface area contributed by atoms with Crippen LogP contribution in [-0.4, -0.2) is 17.3 Å². The van der Waals surface area contributed by atoms with Crippen molar-refractivity contribution in [2.75, 3.05) is 7.11 Å². The molecular weight excluding hydrogens is 432 g/mol. The second-order valence-electron chi connectivity index (χ2n) is 7.49. The number of fused-ring (bicyclic) bond motifs is 1. The lowest BCUT2D eigenvalue weighted by Crippen LogP contribution is -1.99. The summed E-state index contributed by atoms with van der Waals surface area (Å²) in [6.45, 7) is 2.21. The van der Waals surface area contributed by atoms with Crippen LogP contribution in [0.1, 0.15) is 11.5 Å². The summed E-state index contributed by atoms with van der Waals surface area (Å²) in [6, 6.07) is 28.6. The Morgan fingerprint density at radius 3 is 2.42 bits per heavy atom. The molecule has 5 aromatic rings. The second-order valence-corrected chi connectivity index (χ2v) is 8.57. The van der Waals surface area contributed by atoms with Crippen LogP contribution in [0.2, 0.25) is 0 Å². The Hall–Kier alpha value is -3.77. The van der Waals surface area contributed by atoms with Crippen molar-refractivity contribution in [1.29, 1.82) is 0 Å². The van der Waals surface area contributed by atoms with Crippen molar-refractivity contribution in [3.05, 3.63) is 96.4 Å². The lowest BCUT2D eigenvalue weighted by molar-refractivity contribution is 0.284. The zero-order valence-corrected chi connectivity index (χ0v) is 19.1. The fraction of sp³-hybridized carbons (Fsp3) is 0.111. The predicted molar refractivity (Wildman–Crippen MR) is 130 cm³/mol. The van der Waals surface area contributed by atoms with Gasteiger partial charge in [-0.05, 0) is 34.5 Å². The maximum atomic E-state index is 6.14. The van der Waals surface area contributed by atoms with E-state index >= 15 is 0 Å². The third kappa shape index (κ3) is 4.56. The third-order valence-corrected chi connectivity index (χ3v) is 6.37. The van der Waals surface area contributed by atoms with Gasteiger partial charge in [-0.2, -0.15) is 4.98 Å². The first-order valence-corrected chi connectivity index (χ1v) is 11.4. The summed E-state index contributed by atoms with van der Waals surface area (Å²) in [5.41, 5.74) is 1.90. The molecule has 164 valence electrons. The van der Waals surface area contributed by atoms with E-state index in [1.54, 1.807) is 25.8 Å². The average molecular weight is 455 g/mol. The van der Waals surface area contributed by atoms with Crippen molar-refractivity contribution >= 4 is 22.5 Å². The van der Waals surface area contributed by atoms with E-state index in [4.69, 9.17) is 14.0 Å². The molecular formula is C27H22N2O3S. The van der Waals surface area contributed by atoms with Gasteiger partial charge in [0.25, 0.3) is 0 Å². The Labute approximate surface area is 196 Å². The van der Waals surface area contributed by atoms with Crippen LogP contribution in [0.25, 0.3) is 22.2 Å². The molecule has 0 saturated carbocycles. The molecule has 5 rings (SSSR count). The molecule has 0 aliphatic carbocycles. The first-order valence-electron chi connectivity index (χ1n) is 10.6. The number of aromatic nitrogens is 2. The van der Waals surface area contributed by atoms with Gasteiger partial charge >= 0.3 is 0 Å². The Morgan fingerprint density at radius 2 is 1.64 bits per heavy atom. The van der Waals surface area contributed by atoms with Crippen LogP contribution in [0.15, 0.2) is 99.2 Å². The molecule has 0 bridgehead atoms. The van der Waals surface area contributed by atoms with Gasteiger partial charge in [0.05, 0.1) is 7.11 Å². The van der Waals surface area contributed by atoms with Crippen molar-refractivity contribution in [1.82, 2.24) is 10.1 Å². The molecule has 0 unspecified atom stereocenters. The maximum absolute atomic E-state index is 6.14. The summed E-state index contributed by atoms with van der Waals surface area (Å²) < 4.78 is 17.1. The highest BCUT2D eigenvalue weighted by Crippen LogP contribution is 2.44. The molecule has 0 amide bonds. The molecule has 0 fully saturated rings. The molecule has 1 heterocycles. The van der Waals surface area contributed by atoms with Gasteiger partial charge in [-0.15, -0.1) is 0 Å². The average Bonchev–Trinajstić information content (AvgIpc) is 3.29. The standard InChI is InChI=1S/C27H22N2O3S/c1-18-28-27(29-32-18)22-15-24(31-17-19-9-4-3-5-10-19)23(30-2)16-26(22)33-25-14-8-12-20-11-6-7-13-21(20)25/h3-16H,17H2,1-2H3. The van der Waals surface area contributed by atoms with Gasteiger partial charge in [-0.1, -0.05) is 83.6 Å². The van der Waals surface area contributed by atoms with Gasteiger partial charge in [0.1, 0.15) is 6.61 Å². The van der Waals surface area contributed by atoms with Crippen molar-refractivity contribution in [3.63, 3.8) is 0 Å². The van der Waals surface area contributed by atoms with E-state index in [0.29, 0.717) is 29.8 Å². The summed E-state index contributed by atoms with van der Waals surface area (Å²) in [5, 5.41) is 6.54.